The highest BCUT2D eigenvalue weighted by atomic mass is 16.5. The second-order valence-corrected chi connectivity index (χ2v) is 5.07. The first kappa shape index (κ1) is 15.6. The molecule has 0 aliphatic carbocycles. The molecule has 0 fully saturated rings. The van der Waals surface area contributed by atoms with E-state index in [1.807, 2.05) is 24.5 Å². The summed E-state index contributed by atoms with van der Waals surface area (Å²) >= 11 is 0. The summed E-state index contributed by atoms with van der Waals surface area (Å²) in [4.78, 5) is 4.53. The normalized spacial score (nSPS) is 12.3. The number of nitrogens with one attached hydrogen (secondary N) is 1. The van der Waals surface area contributed by atoms with Crippen molar-refractivity contribution < 1.29 is 4.74 Å². The molecule has 0 bridgehead atoms. The van der Waals surface area contributed by atoms with Crippen LogP contribution in [0.2, 0.25) is 0 Å². The van der Waals surface area contributed by atoms with Crippen LogP contribution in [-0.2, 0) is 13.0 Å². The van der Waals surface area contributed by atoms with Gasteiger partial charge in [0.25, 0.3) is 0 Å². The maximum Gasteiger partial charge on any atom is 0.125 e. The van der Waals surface area contributed by atoms with Gasteiger partial charge in [0, 0.05) is 18.9 Å². The Hall–Kier alpha value is -1.81. The molecule has 1 unspecified atom stereocenters. The van der Waals surface area contributed by atoms with Gasteiger partial charge in [-0.3, -0.25) is 0 Å². The van der Waals surface area contributed by atoms with Gasteiger partial charge in [-0.1, -0.05) is 19.1 Å². The molecule has 1 aromatic heterocycles. The fourth-order valence-corrected chi connectivity index (χ4v) is 2.57. The molecule has 2 rings (SSSR count). The van der Waals surface area contributed by atoms with E-state index in [0.29, 0.717) is 6.04 Å². The first-order chi connectivity index (χ1) is 10.3. The van der Waals surface area contributed by atoms with Gasteiger partial charge in [0.05, 0.1) is 13.2 Å². The highest BCUT2D eigenvalue weighted by molar-refractivity contribution is 5.27. The van der Waals surface area contributed by atoms with E-state index in [9.17, 15) is 0 Å². The second-order valence-electron chi connectivity index (χ2n) is 5.07. The number of benzene rings is 1. The first-order valence-electron chi connectivity index (χ1n) is 7.65. The molecule has 0 amide bonds. The van der Waals surface area contributed by atoms with Gasteiger partial charge in [-0.05, 0) is 44.0 Å². The van der Waals surface area contributed by atoms with Gasteiger partial charge in [-0.15, -0.1) is 0 Å². The van der Waals surface area contributed by atoms with Crippen molar-refractivity contribution in [2.45, 2.75) is 39.3 Å². The van der Waals surface area contributed by atoms with Gasteiger partial charge in [-0.25, -0.2) is 4.98 Å². The molecule has 0 saturated carbocycles. The Kier molecular flexibility index (Phi) is 5.81. The van der Waals surface area contributed by atoms with Gasteiger partial charge >= 0.3 is 0 Å². The van der Waals surface area contributed by atoms with Crippen LogP contribution in [0.5, 0.6) is 5.75 Å². The molecule has 4 heteroatoms. The highest BCUT2D eigenvalue weighted by Crippen LogP contribution is 2.19. The maximum atomic E-state index is 5.20. The number of ether oxygens (including phenoxy) is 1. The zero-order valence-corrected chi connectivity index (χ0v) is 13.2. The minimum Gasteiger partial charge on any atom is -0.497 e. The number of aromatic nitrogens is 2. The monoisotopic (exact) mass is 287 g/mol. The molecule has 0 aliphatic heterocycles. The number of imidazole rings is 1. The zero-order valence-electron chi connectivity index (χ0n) is 13.2. The molecule has 114 valence electrons. The van der Waals surface area contributed by atoms with Crippen molar-refractivity contribution >= 4 is 0 Å². The van der Waals surface area contributed by atoms with Crippen molar-refractivity contribution in [3.63, 3.8) is 0 Å². The molecule has 0 spiro atoms. The molecule has 1 N–H and O–H groups in total. The quantitative estimate of drug-likeness (QED) is 0.810. The average Bonchev–Trinajstić information content (AvgIpc) is 3.00. The Bertz CT molecular complexity index is 533. The van der Waals surface area contributed by atoms with Crippen LogP contribution in [-0.4, -0.2) is 23.2 Å². The van der Waals surface area contributed by atoms with E-state index in [-0.39, 0.29) is 0 Å². The minimum absolute atomic E-state index is 0.298. The van der Waals surface area contributed by atoms with Crippen LogP contribution in [0.1, 0.15) is 37.7 Å². The molecule has 21 heavy (non-hydrogen) atoms. The number of hydrogen-bond donors (Lipinski definition) is 1. The summed E-state index contributed by atoms with van der Waals surface area (Å²) in [5, 5.41) is 3.54. The summed E-state index contributed by atoms with van der Waals surface area (Å²) in [5.74, 6) is 2.04. The van der Waals surface area contributed by atoms with Crippen molar-refractivity contribution in [3.05, 3.63) is 48.0 Å². The van der Waals surface area contributed by atoms with E-state index in [4.69, 9.17) is 4.74 Å². The van der Waals surface area contributed by atoms with Gasteiger partial charge in [0.1, 0.15) is 11.6 Å². The third-order valence-corrected chi connectivity index (χ3v) is 3.73. The van der Waals surface area contributed by atoms with Gasteiger partial charge in [-0.2, -0.15) is 0 Å². The number of nitrogens with zero attached hydrogens (tertiary/aromatic N) is 2. The van der Waals surface area contributed by atoms with E-state index < -0.39 is 0 Å². The molecule has 1 heterocycles. The summed E-state index contributed by atoms with van der Waals surface area (Å²) in [6.07, 6.45) is 6.00. The lowest BCUT2D eigenvalue weighted by atomic mass is 10.0. The fraction of sp³-hybridized carbons (Fsp3) is 0.471. The van der Waals surface area contributed by atoms with Crippen molar-refractivity contribution in [1.82, 2.24) is 14.9 Å². The molecule has 0 aliphatic rings. The lowest BCUT2D eigenvalue weighted by Gasteiger charge is -2.18. The largest absolute Gasteiger partial charge is 0.497 e. The van der Waals surface area contributed by atoms with Crippen molar-refractivity contribution in [2.75, 3.05) is 13.7 Å². The van der Waals surface area contributed by atoms with Crippen LogP contribution in [0, 0.1) is 0 Å². The van der Waals surface area contributed by atoms with E-state index in [0.717, 1.165) is 37.5 Å². The Morgan fingerprint density at radius 1 is 1.24 bits per heavy atom. The SMILES string of the molecule is CCNC(CCc1ccc(OC)cc1)c1nccn1CC. The minimum atomic E-state index is 0.298. The summed E-state index contributed by atoms with van der Waals surface area (Å²) < 4.78 is 7.41. The Morgan fingerprint density at radius 3 is 2.62 bits per heavy atom. The zero-order chi connectivity index (χ0) is 15.1. The molecular weight excluding hydrogens is 262 g/mol. The Balaban J connectivity index is 2.02. The molecule has 4 nitrogen and oxygen atoms in total. The number of hydrogen-bond acceptors (Lipinski definition) is 3. The maximum absolute atomic E-state index is 5.20. The molecule has 0 saturated heterocycles. The van der Waals surface area contributed by atoms with E-state index in [1.54, 1.807) is 7.11 Å². The molecule has 2 aromatic rings. The van der Waals surface area contributed by atoms with E-state index in [1.165, 1.54) is 5.56 Å². The van der Waals surface area contributed by atoms with Crippen LogP contribution in [0.15, 0.2) is 36.7 Å². The fourth-order valence-electron chi connectivity index (χ4n) is 2.57. The van der Waals surface area contributed by atoms with Gasteiger partial charge < -0.3 is 14.6 Å². The first-order valence-corrected chi connectivity index (χ1v) is 7.65. The standard InChI is InChI=1S/C17H25N3O/c1-4-18-16(17-19-12-13-20(17)5-2)11-8-14-6-9-15(21-3)10-7-14/h6-7,9-10,12-13,16,18H,4-5,8,11H2,1-3H3. The molecular formula is C17H25N3O. The van der Waals surface area contributed by atoms with Crippen LogP contribution < -0.4 is 10.1 Å². The molecule has 1 aromatic carbocycles. The van der Waals surface area contributed by atoms with E-state index in [2.05, 4.69) is 40.8 Å². The lowest BCUT2D eigenvalue weighted by Crippen LogP contribution is -2.24. The summed E-state index contributed by atoms with van der Waals surface area (Å²) in [7, 11) is 1.70. The smallest absolute Gasteiger partial charge is 0.125 e. The number of methoxy groups -OCH3 is 1. The van der Waals surface area contributed by atoms with Crippen LogP contribution in [0.4, 0.5) is 0 Å². The predicted octanol–water partition coefficient (Wildman–Crippen LogP) is 3.20. The van der Waals surface area contributed by atoms with Crippen molar-refractivity contribution in [2.24, 2.45) is 0 Å². The van der Waals surface area contributed by atoms with Crippen LogP contribution >= 0.6 is 0 Å². The second kappa shape index (κ2) is 7.84. The average molecular weight is 287 g/mol. The Morgan fingerprint density at radius 2 is 2.00 bits per heavy atom. The number of aryl methyl sites for hydroxylation is 2. The summed E-state index contributed by atoms with van der Waals surface area (Å²) in [6, 6.07) is 8.60. The predicted molar refractivity (Wildman–Crippen MR) is 85.6 cm³/mol. The summed E-state index contributed by atoms with van der Waals surface area (Å²) in [5.41, 5.74) is 1.33. The molecule has 1 atom stereocenters. The number of rotatable bonds is 8. The Labute approximate surface area is 127 Å². The third-order valence-electron chi connectivity index (χ3n) is 3.73. The summed E-state index contributed by atoms with van der Waals surface area (Å²) in [6.45, 7) is 6.20. The van der Waals surface area contributed by atoms with Gasteiger partial charge in [0.15, 0.2) is 0 Å². The van der Waals surface area contributed by atoms with Gasteiger partial charge in [0.2, 0.25) is 0 Å². The van der Waals surface area contributed by atoms with Crippen LogP contribution in [0.25, 0.3) is 0 Å². The van der Waals surface area contributed by atoms with Crippen molar-refractivity contribution in [1.29, 1.82) is 0 Å². The lowest BCUT2D eigenvalue weighted by molar-refractivity contribution is 0.414. The third kappa shape index (κ3) is 4.08. The van der Waals surface area contributed by atoms with Crippen LogP contribution in [0.3, 0.4) is 0 Å². The van der Waals surface area contributed by atoms with E-state index >= 15 is 0 Å². The topological polar surface area (TPSA) is 39.1 Å². The highest BCUT2D eigenvalue weighted by Gasteiger charge is 2.15. The molecule has 0 radical (unpaired) electrons. The van der Waals surface area contributed by atoms with Crippen molar-refractivity contribution in [3.8, 4) is 5.75 Å².